The van der Waals surface area contributed by atoms with E-state index in [2.05, 4.69) is 32.4 Å². The summed E-state index contributed by atoms with van der Waals surface area (Å²) in [7, 11) is 4.04. The molecule has 1 aliphatic rings. The molecule has 3 N–H and O–H groups in total. The van der Waals surface area contributed by atoms with E-state index in [1.807, 2.05) is 20.2 Å². The molecule has 0 saturated heterocycles. The van der Waals surface area contributed by atoms with Gasteiger partial charge in [0, 0.05) is 12.6 Å². The molecular formula is C19H26ClN3O2S. The van der Waals surface area contributed by atoms with E-state index in [1.165, 1.54) is 11.1 Å². The van der Waals surface area contributed by atoms with Crippen LogP contribution in [0.4, 0.5) is 4.79 Å². The zero-order valence-electron chi connectivity index (χ0n) is 15.1. The number of thiophene rings is 1. The Morgan fingerprint density at radius 2 is 2.15 bits per heavy atom. The monoisotopic (exact) mass is 395 g/mol. The zero-order valence-corrected chi connectivity index (χ0v) is 16.7. The maximum atomic E-state index is 12.3. The molecule has 26 heavy (non-hydrogen) atoms. The second kappa shape index (κ2) is 9.26. The van der Waals surface area contributed by atoms with Gasteiger partial charge in [0.1, 0.15) is 5.75 Å². The third kappa shape index (κ3) is 5.13. The van der Waals surface area contributed by atoms with Gasteiger partial charge in [0.15, 0.2) is 0 Å². The standard InChI is InChI=1S/C19H25N3O2S.ClH/c1-22(2)18(14-7-8-25-12-14)11-20-19(24)21-16-5-3-13-4-6-17(23)10-15(13)9-16;/h4,6-8,10,12,16,18,23H,3,5,9,11H2,1-2H3,(H2,20,21,24);1H/t16-,18?;/m0./s1. The number of hydrogen-bond donors (Lipinski definition) is 3. The second-order valence-corrected chi connectivity index (χ2v) is 7.56. The van der Waals surface area contributed by atoms with Crippen LogP contribution in [0, 0.1) is 0 Å². The van der Waals surface area contributed by atoms with Gasteiger partial charge in [-0.25, -0.2) is 4.79 Å². The van der Waals surface area contributed by atoms with Crippen molar-refractivity contribution in [2.24, 2.45) is 0 Å². The number of carbonyl (C=O) groups excluding carboxylic acids is 1. The van der Waals surface area contributed by atoms with E-state index in [9.17, 15) is 9.90 Å². The topological polar surface area (TPSA) is 64.6 Å². The number of amides is 2. The number of carbonyl (C=O) groups is 1. The molecule has 0 spiro atoms. The van der Waals surface area contributed by atoms with Crippen molar-refractivity contribution >= 4 is 29.8 Å². The second-order valence-electron chi connectivity index (χ2n) is 6.78. The molecule has 1 aromatic carbocycles. The molecule has 1 unspecified atom stereocenters. The van der Waals surface area contributed by atoms with Gasteiger partial charge in [-0.2, -0.15) is 11.3 Å². The first kappa shape index (κ1) is 20.6. The van der Waals surface area contributed by atoms with E-state index in [0.29, 0.717) is 6.54 Å². The van der Waals surface area contributed by atoms with Crippen LogP contribution in [0.5, 0.6) is 5.75 Å². The summed E-state index contributed by atoms with van der Waals surface area (Å²) >= 11 is 1.67. The van der Waals surface area contributed by atoms with Crippen molar-refractivity contribution in [1.82, 2.24) is 15.5 Å². The number of fused-ring (bicyclic) bond motifs is 1. The van der Waals surface area contributed by atoms with Gasteiger partial charge >= 0.3 is 6.03 Å². The van der Waals surface area contributed by atoms with Gasteiger partial charge in [0.2, 0.25) is 0 Å². The molecule has 1 aromatic heterocycles. The summed E-state index contributed by atoms with van der Waals surface area (Å²) in [6.07, 6.45) is 2.61. The lowest BCUT2D eigenvalue weighted by molar-refractivity contribution is 0.228. The van der Waals surface area contributed by atoms with Gasteiger partial charge in [-0.3, -0.25) is 0 Å². The van der Waals surface area contributed by atoms with Crippen LogP contribution in [-0.2, 0) is 12.8 Å². The number of aryl methyl sites for hydroxylation is 1. The average Bonchev–Trinajstić information content (AvgIpc) is 3.08. The maximum Gasteiger partial charge on any atom is 0.315 e. The number of phenolic OH excluding ortho intramolecular Hbond substituents is 1. The number of halogens is 1. The summed E-state index contributed by atoms with van der Waals surface area (Å²) in [6, 6.07) is 7.75. The zero-order chi connectivity index (χ0) is 17.8. The molecule has 0 bridgehead atoms. The van der Waals surface area contributed by atoms with Gasteiger partial charge in [-0.05, 0) is 79.0 Å². The Kier molecular flexibility index (Phi) is 7.32. The summed E-state index contributed by atoms with van der Waals surface area (Å²) < 4.78 is 0. The van der Waals surface area contributed by atoms with E-state index in [1.54, 1.807) is 23.5 Å². The Morgan fingerprint density at radius 1 is 1.35 bits per heavy atom. The van der Waals surface area contributed by atoms with Crippen molar-refractivity contribution < 1.29 is 9.90 Å². The average molecular weight is 396 g/mol. The van der Waals surface area contributed by atoms with Crippen LogP contribution >= 0.6 is 23.7 Å². The molecule has 0 radical (unpaired) electrons. The minimum atomic E-state index is -0.129. The fraction of sp³-hybridized carbons (Fsp3) is 0.421. The van der Waals surface area contributed by atoms with E-state index in [4.69, 9.17) is 0 Å². The van der Waals surface area contributed by atoms with Crippen molar-refractivity contribution in [1.29, 1.82) is 0 Å². The Balaban J connectivity index is 0.00000243. The van der Waals surface area contributed by atoms with Gasteiger partial charge in [0.25, 0.3) is 0 Å². The van der Waals surface area contributed by atoms with Crippen LogP contribution in [0.15, 0.2) is 35.0 Å². The SMILES string of the molecule is CN(C)C(CNC(=O)N[C@H]1CCc2ccc(O)cc2C1)c1ccsc1.Cl. The van der Waals surface area contributed by atoms with E-state index >= 15 is 0 Å². The van der Waals surface area contributed by atoms with Gasteiger partial charge < -0.3 is 20.6 Å². The summed E-state index contributed by atoms with van der Waals surface area (Å²) in [4.78, 5) is 14.4. The highest BCUT2D eigenvalue weighted by Gasteiger charge is 2.21. The molecule has 7 heteroatoms. The highest BCUT2D eigenvalue weighted by Crippen LogP contribution is 2.25. The third-order valence-electron chi connectivity index (χ3n) is 4.76. The first-order valence-electron chi connectivity index (χ1n) is 8.56. The van der Waals surface area contributed by atoms with Gasteiger partial charge in [-0.15, -0.1) is 12.4 Å². The number of phenols is 1. The third-order valence-corrected chi connectivity index (χ3v) is 5.46. The minimum absolute atomic E-state index is 0. The lowest BCUT2D eigenvalue weighted by atomic mass is 9.88. The van der Waals surface area contributed by atoms with Crippen LogP contribution in [-0.4, -0.2) is 42.7 Å². The summed E-state index contributed by atoms with van der Waals surface area (Å²) in [5.41, 5.74) is 3.61. The lowest BCUT2D eigenvalue weighted by Crippen LogP contribution is -2.46. The quantitative estimate of drug-likeness (QED) is 0.727. The number of aromatic hydroxyl groups is 1. The predicted octanol–water partition coefficient (Wildman–Crippen LogP) is 3.33. The molecule has 1 heterocycles. The summed E-state index contributed by atoms with van der Waals surface area (Å²) in [5.74, 6) is 0.286. The molecule has 0 fully saturated rings. The van der Waals surface area contributed by atoms with E-state index in [0.717, 1.165) is 24.8 Å². The number of hydrogen-bond acceptors (Lipinski definition) is 4. The number of likely N-dealkylation sites (N-methyl/N-ethyl adjacent to an activating group) is 1. The molecule has 1 aliphatic carbocycles. The highest BCUT2D eigenvalue weighted by molar-refractivity contribution is 7.07. The molecular weight excluding hydrogens is 370 g/mol. The number of rotatable bonds is 5. The van der Waals surface area contributed by atoms with Crippen molar-refractivity contribution in [2.75, 3.05) is 20.6 Å². The van der Waals surface area contributed by atoms with Crippen LogP contribution in [0.2, 0.25) is 0 Å². The maximum absolute atomic E-state index is 12.3. The largest absolute Gasteiger partial charge is 0.508 e. The molecule has 2 aromatic rings. The van der Waals surface area contributed by atoms with Crippen molar-refractivity contribution in [3.63, 3.8) is 0 Å². The van der Waals surface area contributed by atoms with Crippen LogP contribution < -0.4 is 10.6 Å². The minimum Gasteiger partial charge on any atom is -0.508 e. The molecule has 3 rings (SSSR count). The van der Waals surface area contributed by atoms with E-state index in [-0.39, 0.29) is 36.3 Å². The normalized spacial score (nSPS) is 17.1. The fourth-order valence-electron chi connectivity index (χ4n) is 3.36. The van der Waals surface area contributed by atoms with Gasteiger partial charge in [-0.1, -0.05) is 6.07 Å². The Morgan fingerprint density at radius 3 is 2.85 bits per heavy atom. The first-order valence-corrected chi connectivity index (χ1v) is 9.51. The summed E-state index contributed by atoms with van der Waals surface area (Å²) in [6.45, 7) is 0.569. The molecule has 2 atom stereocenters. The van der Waals surface area contributed by atoms with Crippen molar-refractivity contribution in [3.05, 3.63) is 51.7 Å². The number of nitrogens with one attached hydrogen (secondary N) is 2. The smallest absolute Gasteiger partial charge is 0.315 e. The number of nitrogens with zero attached hydrogens (tertiary/aromatic N) is 1. The molecule has 0 aliphatic heterocycles. The van der Waals surface area contributed by atoms with Crippen LogP contribution in [0.3, 0.4) is 0 Å². The molecule has 2 amide bonds. The van der Waals surface area contributed by atoms with Crippen molar-refractivity contribution in [2.45, 2.75) is 31.3 Å². The first-order chi connectivity index (χ1) is 12.0. The molecule has 0 saturated carbocycles. The highest BCUT2D eigenvalue weighted by atomic mass is 35.5. The number of urea groups is 1. The molecule has 142 valence electrons. The molecule has 5 nitrogen and oxygen atoms in total. The Hall–Kier alpha value is -1.76. The fourth-order valence-corrected chi connectivity index (χ4v) is 4.06. The van der Waals surface area contributed by atoms with E-state index < -0.39 is 0 Å². The van der Waals surface area contributed by atoms with Gasteiger partial charge in [0.05, 0.1) is 6.04 Å². The van der Waals surface area contributed by atoms with Crippen LogP contribution in [0.1, 0.15) is 29.2 Å². The Labute approximate surface area is 164 Å². The summed E-state index contributed by atoms with van der Waals surface area (Å²) in [5, 5.41) is 19.9. The van der Waals surface area contributed by atoms with Crippen molar-refractivity contribution in [3.8, 4) is 5.75 Å². The lowest BCUT2D eigenvalue weighted by Gasteiger charge is -2.27. The van der Waals surface area contributed by atoms with Crippen LogP contribution in [0.25, 0.3) is 0 Å². The predicted molar refractivity (Wildman–Crippen MR) is 108 cm³/mol. The number of benzene rings is 1. The Bertz CT molecular complexity index is 722.